The highest BCUT2D eigenvalue weighted by Crippen LogP contribution is 2.28. The minimum Gasteiger partial charge on any atom is -0.504 e. The number of hydrogen-bond acceptors (Lipinski definition) is 7. The highest BCUT2D eigenvalue weighted by Gasteiger charge is 2.17. The lowest BCUT2D eigenvalue weighted by Gasteiger charge is -2.23. The minimum absolute atomic E-state index is 0.00780. The van der Waals surface area contributed by atoms with Crippen LogP contribution in [-0.4, -0.2) is 69.2 Å². The smallest absolute Gasteiger partial charge is 0.255 e. The molecular weight excluding hydrogens is 478 g/mol. The van der Waals surface area contributed by atoms with Gasteiger partial charge >= 0.3 is 0 Å². The zero-order chi connectivity index (χ0) is 27.4. The van der Waals surface area contributed by atoms with E-state index < -0.39 is 23.3 Å². The summed E-state index contributed by atoms with van der Waals surface area (Å²) >= 11 is 0. The van der Waals surface area contributed by atoms with Gasteiger partial charge in [0.15, 0.2) is 23.0 Å². The summed E-state index contributed by atoms with van der Waals surface area (Å²) in [6.07, 6.45) is 2.95. The SMILES string of the molecule is CC(C)CCC(=O)N(CCCCNC(=O)c1cccc(O)c1O)CCCNC(=O)c1cccc(O)c1O. The maximum atomic E-state index is 12.8. The quantitative estimate of drug-likeness (QED) is 0.167. The molecule has 0 saturated heterocycles. The summed E-state index contributed by atoms with van der Waals surface area (Å²) in [4.78, 5) is 39.0. The molecule has 0 fully saturated rings. The van der Waals surface area contributed by atoms with Crippen LogP contribution >= 0.6 is 0 Å². The van der Waals surface area contributed by atoms with E-state index in [1.54, 1.807) is 4.90 Å². The van der Waals surface area contributed by atoms with Crippen LogP contribution in [0.2, 0.25) is 0 Å². The molecule has 2 aromatic carbocycles. The van der Waals surface area contributed by atoms with Gasteiger partial charge in [0, 0.05) is 32.6 Å². The van der Waals surface area contributed by atoms with E-state index in [4.69, 9.17) is 0 Å². The van der Waals surface area contributed by atoms with Gasteiger partial charge in [0.2, 0.25) is 5.91 Å². The molecule has 3 amide bonds. The van der Waals surface area contributed by atoms with Gasteiger partial charge in [0.1, 0.15) is 0 Å². The van der Waals surface area contributed by atoms with Crippen LogP contribution in [0.3, 0.4) is 0 Å². The van der Waals surface area contributed by atoms with E-state index in [9.17, 15) is 34.8 Å². The van der Waals surface area contributed by atoms with Gasteiger partial charge in [-0.05, 0) is 55.9 Å². The van der Waals surface area contributed by atoms with Gasteiger partial charge in [-0.2, -0.15) is 0 Å². The van der Waals surface area contributed by atoms with E-state index in [1.807, 2.05) is 0 Å². The Morgan fingerprint density at radius 1 is 0.757 bits per heavy atom. The Balaban J connectivity index is 1.81. The molecule has 37 heavy (non-hydrogen) atoms. The number of benzene rings is 2. The fourth-order valence-electron chi connectivity index (χ4n) is 3.65. The average Bonchev–Trinajstić information content (AvgIpc) is 2.86. The molecule has 10 heteroatoms. The van der Waals surface area contributed by atoms with Gasteiger partial charge in [0.25, 0.3) is 11.8 Å². The van der Waals surface area contributed by atoms with Crippen LogP contribution in [0.5, 0.6) is 23.0 Å². The fourth-order valence-corrected chi connectivity index (χ4v) is 3.65. The van der Waals surface area contributed by atoms with Crippen LogP contribution in [0.25, 0.3) is 0 Å². The number of unbranched alkanes of at least 4 members (excludes halogenated alkanes) is 1. The number of nitrogens with zero attached hydrogens (tertiary/aromatic N) is 1. The van der Waals surface area contributed by atoms with Crippen molar-refractivity contribution in [3.05, 3.63) is 47.5 Å². The zero-order valence-corrected chi connectivity index (χ0v) is 21.4. The minimum atomic E-state index is -0.514. The number of phenols is 4. The first-order valence-electron chi connectivity index (χ1n) is 12.5. The largest absolute Gasteiger partial charge is 0.504 e. The molecule has 0 aromatic heterocycles. The van der Waals surface area contributed by atoms with Crippen molar-refractivity contribution in [2.45, 2.75) is 46.0 Å². The van der Waals surface area contributed by atoms with Crippen molar-refractivity contribution in [2.24, 2.45) is 5.92 Å². The van der Waals surface area contributed by atoms with Crippen molar-refractivity contribution >= 4 is 17.7 Å². The van der Waals surface area contributed by atoms with Crippen molar-refractivity contribution in [3.8, 4) is 23.0 Å². The third kappa shape index (κ3) is 9.21. The second kappa shape index (κ2) is 14.6. The van der Waals surface area contributed by atoms with Crippen LogP contribution in [0, 0.1) is 5.92 Å². The van der Waals surface area contributed by atoms with Crippen LogP contribution < -0.4 is 10.6 Å². The summed E-state index contributed by atoms with van der Waals surface area (Å²) in [5.74, 6) is -2.26. The van der Waals surface area contributed by atoms with Gasteiger partial charge in [0.05, 0.1) is 11.1 Å². The third-order valence-electron chi connectivity index (χ3n) is 5.84. The van der Waals surface area contributed by atoms with Gasteiger partial charge in [-0.1, -0.05) is 26.0 Å². The average molecular weight is 516 g/mol. The van der Waals surface area contributed by atoms with E-state index in [2.05, 4.69) is 24.5 Å². The molecule has 2 rings (SSSR count). The molecule has 202 valence electrons. The van der Waals surface area contributed by atoms with Crippen LogP contribution in [0.15, 0.2) is 36.4 Å². The van der Waals surface area contributed by atoms with Crippen molar-refractivity contribution < 1.29 is 34.8 Å². The first-order chi connectivity index (χ1) is 17.6. The van der Waals surface area contributed by atoms with Crippen molar-refractivity contribution in [1.29, 1.82) is 0 Å². The Kier molecular flexibility index (Phi) is 11.5. The summed E-state index contributed by atoms with van der Waals surface area (Å²) in [6.45, 7) is 5.66. The molecule has 0 atom stereocenters. The van der Waals surface area contributed by atoms with Gasteiger partial charge < -0.3 is 36.0 Å². The van der Waals surface area contributed by atoms with E-state index >= 15 is 0 Å². The second-order valence-corrected chi connectivity index (χ2v) is 9.23. The van der Waals surface area contributed by atoms with Gasteiger partial charge in [-0.25, -0.2) is 0 Å². The molecule has 10 nitrogen and oxygen atoms in total. The molecule has 0 aliphatic rings. The summed E-state index contributed by atoms with van der Waals surface area (Å²) in [7, 11) is 0. The molecule has 0 unspecified atom stereocenters. The Labute approximate surface area is 216 Å². The maximum absolute atomic E-state index is 12.8. The summed E-state index contributed by atoms with van der Waals surface area (Å²) in [5, 5.41) is 44.1. The number of rotatable bonds is 14. The number of hydrogen-bond donors (Lipinski definition) is 6. The first-order valence-corrected chi connectivity index (χ1v) is 12.5. The first kappa shape index (κ1) is 29.3. The Bertz CT molecular complexity index is 1070. The van der Waals surface area contributed by atoms with E-state index in [-0.39, 0.29) is 35.1 Å². The summed E-state index contributed by atoms with van der Waals surface area (Å²) in [6, 6.07) is 8.34. The Hall–Kier alpha value is -3.95. The monoisotopic (exact) mass is 515 g/mol. The molecule has 0 radical (unpaired) electrons. The topological polar surface area (TPSA) is 159 Å². The highest BCUT2D eigenvalue weighted by atomic mass is 16.3. The molecule has 6 N–H and O–H groups in total. The van der Waals surface area contributed by atoms with E-state index in [0.29, 0.717) is 51.2 Å². The lowest BCUT2D eigenvalue weighted by Crippen LogP contribution is -2.35. The molecule has 2 aromatic rings. The Morgan fingerprint density at radius 2 is 1.24 bits per heavy atom. The highest BCUT2D eigenvalue weighted by molar-refractivity contribution is 5.98. The standard InChI is InChI=1S/C27H37N3O7/c1-18(2)12-13-23(33)30(17-7-15-29-27(37)20-9-6-11-22(32)25(20)35)16-4-3-14-28-26(36)19-8-5-10-21(31)24(19)34/h5-6,8-11,18,31-32,34-35H,3-4,7,12-17H2,1-2H3,(H,28,36)(H,29,37). The molecule has 0 spiro atoms. The molecule has 0 heterocycles. The second-order valence-electron chi connectivity index (χ2n) is 9.23. The number of carbonyl (C=O) groups is 3. The molecule has 0 saturated carbocycles. The third-order valence-corrected chi connectivity index (χ3v) is 5.84. The van der Waals surface area contributed by atoms with Crippen LogP contribution in [-0.2, 0) is 4.79 Å². The number of para-hydroxylation sites is 2. The van der Waals surface area contributed by atoms with Gasteiger partial charge in [-0.15, -0.1) is 0 Å². The predicted octanol–water partition coefficient (Wildman–Crippen LogP) is 3.10. The number of nitrogens with one attached hydrogen (secondary N) is 2. The number of amides is 3. The maximum Gasteiger partial charge on any atom is 0.255 e. The molecule has 0 aliphatic carbocycles. The fraction of sp³-hybridized carbons (Fsp3) is 0.444. The van der Waals surface area contributed by atoms with Crippen LogP contribution in [0.1, 0.15) is 66.7 Å². The van der Waals surface area contributed by atoms with Crippen molar-refractivity contribution in [2.75, 3.05) is 26.2 Å². The number of phenolic OH excluding ortho intramolecular Hbond substituents is 4. The predicted molar refractivity (Wildman–Crippen MR) is 139 cm³/mol. The summed E-state index contributed by atoms with van der Waals surface area (Å²) in [5.41, 5.74) is -0.0301. The summed E-state index contributed by atoms with van der Waals surface area (Å²) < 4.78 is 0. The van der Waals surface area contributed by atoms with Gasteiger partial charge in [-0.3, -0.25) is 14.4 Å². The molecule has 0 bridgehead atoms. The van der Waals surface area contributed by atoms with Crippen molar-refractivity contribution in [1.82, 2.24) is 15.5 Å². The van der Waals surface area contributed by atoms with E-state index in [0.717, 1.165) is 6.42 Å². The lowest BCUT2D eigenvalue weighted by molar-refractivity contribution is -0.131. The molecule has 0 aliphatic heterocycles. The van der Waals surface area contributed by atoms with Crippen LogP contribution in [0.4, 0.5) is 0 Å². The van der Waals surface area contributed by atoms with E-state index in [1.165, 1.54) is 36.4 Å². The number of aromatic hydroxyl groups is 4. The molecular formula is C27H37N3O7. The Morgan fingerprint density at radius 3 is 1.76 bits per heavy atom. The van der Waals surface area contributed by atoms with Crippen molar-refractivity contribution in [3.63, 3.8) is 0 Å². The zero-order valence-electron chi connectivity index (χ0n) is 21.4. The lowest BCUT2D eigenvalue weighted by atomic mass is 10.1. The normalized spacial score (nSPS) is 10.8. The number of carbonyl (C=O) groups excluding carboxylic acids is 3.